The number of carbonyl (C=O) groups excluding carboxylic acids is 1. The van der Waals surface area contributed by atoms with E-state index in [1.165, 1.54) is 18.3 Å². The summed E-state index contributed by atoms with van der Waals surface area (Å²) in [5.41, 5.74) is -2.15. The largest absolute Gasteiger partial charge is 0.412 e. The van der Waals surface area contributed by atoms with Crippen LogP contribution in [-0.4, -0.2) is 17.1 Å². The average molecular weight is 346 g/mol. The molecule has 0 spiro atoms. The molecule has 2 aromatic rings. The van der Waals surface area contributed by atoms with Gasteiger partial charge in [-0.25, -0.2) is 8.78 Å². The molecule has 2 N–H and O–H groups in total. The van der Waals surface area contributed by atoms with Crippen LogP contribution < -0.4 is 10.9 Å². The molecule has 1 heterocycles. The fraction of sp³-hybridized carbons (Fsp3) is 0.200. The van der Waals surface area contributed by atoms with Gasteiger partial charge in [0.1, 0.15) is 5.56 Å². The first-order chi connectivity index (χ1) is 11.1. The number of aromatic amines is 1. The van der Waals surface area contributed by atoms with Crippen molar-refractivity contribution in [1.82, 2.24) is 10.3 Å². The molecule has 1 atom stereocenters. The molecule has 0 aliphatic heterocycles. The number of amides is 1. The van der Waals surface area contributed by atoms with E-state index in [0.29, 0.717) is 17.8 Å². The maximum atomic E-state index is 13.7. The fourth-order valence-electron chi connectivity index (χ4n) is 2.04. The van der Waals surface area contributed by atoms with Crippen LogP contribution in [0, 0.1) is 18.6 Å². The zero-order chi connectivity index (χ0) is 18.1. The van der Waals surface area contributed by atoms with Gasteiger partial charge in [0, 0.05) is 11.3 Å². The molecule has 2 rings (SSSR count). The maximum absolute atomic E-state index is 13.7. The normalized spacial score (nSPS) is 12.8. The quantitative estimate of drug-likeness (QED) is 0.840. The van der Waals surface area contributed by atoms with E-state index < -0.39 is 46.4 Å². The molecule has 1 aromatic heterocycles. The van der Waals surface area contributed by atoms with Gasteiger partial charge in [-0.1, -0.05) is 12.1 Å². The van der Waals surface area contributed by atoms with Gasteiger partial charge in [0.25, 0.3) is 11.5 Å². The molecule has 128 valence electrons. The first-order valence-corrected chi connectivity index (χ1v) is 6.62. The van der Waals surface area contributed by atoms with Gasteiger partial charge in [0.15, 0.2) is 17.7 Å². The number of benzene rings is 1. The zero-order valence-electron chi connectivity index (χ0n) is 12.2. The first-order valence-electron chi connectivity index (χ1n) is 6.62. The van der Waals surface area contributed by atoms with E-state index in [9.17, 15) is 31.5 Å². The third kappa shape index (κ3) is 3.61. The number of carbonyl (C=O) groups is 1. The maximum Gasteiger partial charge on any atom is 0.412 e. The van der Waals surface area contributed by atoms with E-state index in [-0.39, 0.29) is 0 Å². The van der Waals surface area contributed by atoms with Crippen LogP contribution in [0.1, 0.15) is 27.7 Å². The number of aryl methyl sites for hydroxylation is 1. The molecule has 0 radical (unpaired) electrons. The molecule has 4 nitrogen and oxygen atoms in total. The van der Waals surface area contributed by atoms with Crippen molar-refractivity contribution in [1.29, 1.82) is 0 Å². The van der Waals surface area contributed by atoms with Crippen LogP contribution in [0.5, 0.6) is 0 Å². The number of pyridine rings is 1. The van der Waals surface area contributed by atoms with Crippen molar-refractivity contribution in [3.63, 3.8) is 0 Å². The third-order valence-corrected chi connectivity index (χ3v) is 3.20. The summed E-state index contributed by atoms with van der Waals surface area (Å²) in [7, 11) is 0. The first kappa shape index (κ1) is 17.6. The summed E-state index contributed by atoms with van der Waals surface area (Å²) in [6, 6.07) is 1.80. The summed E-state index contributed by atoms with van der Waals surface area (Å²) in [4.78, 5) is 25.9. The molecular formula is C15H11F5N2O2. The number of nitrogens with one attached hydrogen (secondary N) is 2. The number of hydrogen-bond donors (Lipinski definition) is 2. The molecule has 0 aliphatic rings. The highest BCUT2D eigenvalue weighted by Gasteiger charge is 2.44. The second-order valence-electron chi connectivity index (χ2n) is 4.98. The Hall–Kier alpha value is -2.71. The van der Waals surface area contributed by atoms with Gasteiger partial charge in [0.05, 0.1) is 0 Å². The molecule has 9 heteroatoms. The van der Waals surface area contributed by atoms with Gasteiger partial charge in [-0.3, -0.25) is 9.59 Å². The SMILES string of the molecule is Cc1ccc(C(=O)N[C@H](c2cccc(F)c2F)C(F)(F)F)c(=O)[nH]1. The highest BCUT2D eigenvalue weighted by atomic mass is 19.4. The summed E-state index contributed by atoms with van der Waals surface area (Å²) >= 11 is 0. The Labute approximate surface area is 132 Å². The van der Waals surface area contributed by atoms with E-state index in [1.54, 1.807) is 0 Å². The van der Waals surface area contributed by atoms with Crippen LogP contribution in [0.3, 0.4) is 0 Å². The second-order valence-corrected chi connectivity index (χ2v) is 4.98. The van der Waals surface area contributed by atoms with Gasteiger partial charge in [-0.05, 0) is 25.1 Å². The summed E-state index contributed by atoms with van der Waals surface area (Å²) < 4.78 is 66.4. The molecule has 1 aromatic carbocycles. The fourth-order valence-corrected chi connectivity index (χ4v) is 2.04. The Kier molecular flexibility index (Phi) is 4.72. The molecule has 0 bridgehead atoms. The number of hydrogen-bond acceptors (Lipinski definition) is 2. The van der Waals surface area contributed by atoms with Crippen molar-refractivity contribution < 1.29 is 26.7 Å². The molecule has 0 saturated carbocycles. The smallest absolute Gasteiger partial charge is 0.336 e. The third-order valence-electron chi connectivity index (χ3n) is 3.20. The van der Waals surface area contributed by atoms with Gasteiger partial charge < -0.3 is 10.3 Å². The molecular weight excluding hydrogens is 335 g/mol. The lowest BCUT2D eigenvalue weighted by Gasteiger charge is -2.22. The van der Waals surface area contributed by atoms with Gasteiger partial charge >= 0.3 is 6.18 Å². The Morgan fingerprint density at radius 3 is 2.42 bits per heavy atom. The molecule has 1 amide bonds. The van der Waals surface area contributed by atoms with Crippen LogP contribution in [0.2, 0.25) is 0 Å². The summed E-state index contributed by atoms with van der Waals surface area (Å²) in [5, 5.41) is 1.53. The monoisotopic (exact) mass is 346 g/mol. The Bertz CT molecular complexity index is 829. The lowest BCUT2D eigenvalue weighted by molar-refractivity contribution is -0.155. The number of rotatable bonds is 3. The molecule has 0 saturated heterocycles. The van der Waals surface area contributed by atoms with E-state index in [2.05, 4.69) is 4.98 Å². The predicted molar refractivity (Wildman–Crippen MR) is 74.4 cm³/mol. The summed E-state index contributed by atoms with van der Waals surface area (Å²) in [5.74, 6) is -4.57. The molecule has 0 fully saturated rings. The van der Waals surface area contributed by atoms with E-state index in [1.807, 2.05) is 0 Å². The predicted octanol–water partition coefficient (Wildman–Crippen LogP) is 2.99. The summed E-state index contributed by atoms with van der Waals surface area (Å²) in [6.45, 7) is 1.52. The standard InChI is InChI=1S/C15H11F5N2O2/c1-7-5-6-9(13(23)21-7)14(24)22-12(15(18,19)20)8-3-2-4-10(16)11(8)17/h2-6,12H,1H3,(H,21,23)(H,22,24)/t12-/m1/s1. The van der Waals surface area contributed by atoms with E-state index in [0.717, 1.165) is 12.1 Å². The molecule has 24 heavy (non-hydrogen) atoms. The van der Waals surface area contributed by atoms with Gasteiger partial charge in [-0.15, -0.1) is 0 Å². The number of alkyl halides is 3. The number of H-pyrrole nitrogens is 1. The van der Waals surface area contributed by atoms with Gasteiger partial charge in [0.2, 0.25) is 0 Å². The Morgan fingerprint density at radius 2 is 1.83 bits per heavy atom. The zero-order valence-corrected chi connectivity index (χ0v) is 12.2. The highest BCUT2D eigenvalue weighted by molar-refractivity contribution is 5.94. The lowest BCUT2D eigenvalue weighted by atomic mass is 10.0. The van der Waals surface area contributed by atoms with Crippen molar-refractivity contribution in [2.45, 2.75) is 19.1 Å². The van der Waals surface area contributed by atoms with Crippen molar-refractivity contribution in [2.75, 3.05) is 0 Å². The Morgan fingerprint density at radius 1 is 1.17 bits per heavy atom. The van der Waals surface area contributed by atoms with Crippen LogP contribution >= 0.6 is 0 Å². The second kappa shape index (κ2) is 6.42. The molecule has 0 unspecified atom stereocenters. The number of aromatic nitrogens is 1. The topological polar surface area (TPSA) is 62.0 Å². The average Bonchev–Trinajstić information content (AvgIpc) is 2.46. The minimum atomic E-state index is -5.10. The van der Waals surface area contributed by atoms with Crippen LogP contribution in [0.4, 0.5) is 22.0 Å². The molecule has 0 aliphatic carbocycles. The lowest BCUT2D eigenvalue weighted by Crippen LogP contribution is -2.40. The minimum Gasteiger partial charge on any atom is -0.336 e. The minimum absolute atomic E-state index is 0.403. The summed E-state index contributed by atoms with van der Waals surface area (Å²) in [6.07, 6.45) is -5.10. The highest BCUT2D eigenvalue weighted by Crippen LogP contribution is 2.34. The van der Waals surface area contributed by atoms with E-state index in [4.69, 9.17) is 0 Å². The van der Waals surface area contributed by atoms with Crippen LogP contribution in [0.25, 0.3) is 0 Å². The number of halogens is 5. The van der Waals surface area contributed by atoms with Crippen molar-refractivity contribution in [3.05, 3.63) is 69.1 Å². The van der Waals surface area contributed by atoms with Crippen LogP contribution in [0.15, 0.2) is 35.1 Å². The van der Waals surface area contributed by atoms with Gasteiger partial charge in [-0.2, -0.15) is 13.2 Å². The van der Waals surface area contributed by atoms with Crippen LogP contribution in [-0.2, 0) is 0 Å². The van der Waals surface area contributed by atoms with E-state index >= 15 is 0 Å². The van der Waals surface area contributed by atoms with Crippen molar-refractivity contribution in [3.8, 4) is 0 Å². The Balaban J connectivity index is 2.42. The van der Waals surface area contributed by atoms with Crippen molar-refractivity contribution >= 4 is 5.91 Å². The van der Waals surface area contributed by atoms with Crippen molar-refractivity contribution in [2.24, 2.45) is 0 Å².